The van der Waals surface area contributed by atoms with Gasteiger partial charge < -0.3 is 14.4 Å². The Morgan fingerprint density at radius 1 is 1.38 bits per heavy atom. The molecule has 0 saturated heterocycles. The van der Waals surface area contributed by atoms with Gasteiger partial charge in [-0.1, -0.05) is 11.2 Å². The summed E-state index contributed by atoms with van der Waals surface area (Å²) in [4.78, 5) is 17.7. The van der Waals surface area contributed by atoms with E-state index in [1.54, 1.807) is 0 Å². The van der Waals surface area contributed by atoms with Crippen molar-refractivity contribution in [1.29, 1.82) is 0 Å². The molecule has 0 fully saturated rings. The van der Waals surface area contributed by atoms with Gasteiger partial charge in [0.2, 0.25) is 0 Å². The van der Waals surface area contributed by atoms with Crippen LogP contribution in [0.1, 0.15) is 0 Å². The summed E-state index contributed by atoms with van der Waals surface area (Å²) in [5.74, 6) is 0. The summed E-state index contributed by atoms with van der Waals surface area (Å²) in [6.45, 7) is -4.67. The summed E-state index contributed by atoms with van der Waals surface area (Å²) < 4.78 is 8.87. The van der Waals surface area contributed by atoms with Crippen molar-refractivity contribution in [1.82, 2.24) is 0 Å². The van der Waals surface area contributed by atoms with Gasteiger partial charge in [0.1, 0.15) is 0 Å². The minimum absolute atomic E-state index is 0. The van der Waals surface area contributed by atoms with Crippen LogP contribution in [-0.4, -0.2) is 106 Å². The van der Waals surface area contributed by atoms with Gasteiger partial charge >= 0.3 is 106 Å². The van der Waals surface area contributed by atoms with Gasteiger partial charge in [-0.2, -0.15) is 0 Å². The summed E-state index contributed by atoms with van der Waals surface area (Å²) in [5.41, 5.74) is 0. The molecule has 8 heavy (non-hydrogen) atoms. The molecule has 0 aromatic heterocycles. The first kappa shape index (κ1) is 22.7. The third-order valence-electron chi connectivity index (χ3n) is 0. The SMILES string of the molecule is O=P([O-])([O-])Cl.[CaH2].[Mg+2].[SrH2]. The first-order chi connectivity index (χ1) is 2.00. The standard InChI is InChI=1S/Ca.ClH2O3P.Mg.Sr.4H/c;1-5(2,3)4;;;;;;/h;(H2,2,3,4);;;;;;/q;;+2;;;;;/p-2. The van der Waals surface area contributed by atoms with Crippen molar-refractivity contribution >= 4 is 124 Å². The Kier molecular flexibility index (Phi) is 31.0. The molecule has 0 aromatic rings. The minimum atomic E-state index is -4.67. The first-order valence-electron chi connectivity index (χ1n) is 0.717. The van der Waals surface area contributed by atoms with E-state index < -0.39 is 6.95 Å². The van der Waals surface area contributed by atoms with Gasteiger partial charge in [0.25, 0.3) is 0 Å². The summed E-state index contributed by atoms with van der Waals surface area (Å²) in [7, 11) is 0. The Morgan fingerprint density at radius 3 is 1.38 bits per heavy atom. The van der Waals surface area contributed by atoms with Crippen LogP contribution in [0.15, 0.2) is 0 Å². The van der Waals surface area contributed by atoms with Crippen molar-refractivity contribution in [3.05, 3.63) is 0 Å². The number of hydrogen-bond acceptors (Lipinski definition) is 3. The molecule has 8 heteroatoms. The molecule has 3 nitrogen and oxygen atoms in total. The van der Waals surface area contributed by atoms with Crippen LogP contribution >= 0.6 is 18.2 Å². The van der Waals surface area contributed by atoms with Gasteiger partial charge in [-0.3, -0.25) is 0 Å². The summed E-state index contributed by atoms with van der Waals surface area (Å²) in [6, 6.07) is 0. The predicted molar refractivity (Wildman–Crippen MR) is 36.3 cm³/mol. The van der Waals surface area contributed by atoms with E-state index in [1.807, 2.05) is 0 Å². The Bertz CT molecular complexity index is 65.4. The zero-order valence-corrected chi connectivity index (χ0v) is 5.82. The van der Waals surface area contributed by atoms with Crippen LogP contribution in [0.4, 0.5) is 0 Å². The van der Waals surface area contributed by atoms with Crippen molar-refractivity contribution in [2.24, 2.45) is 0 Å². The van der Waals surface area contributed by atoms with Crippen LogP contribution in [0.3, 0.4) is 0 Å². The molecule has 0 unspecified atom stereocenters. The molecule has 0 saturated carbocycles. The molecule has 0 heterocycles. The topological polar surface area (TPSA) is 63.2 Å². The maximum atomic E-state index is 8.87. The van der Waals surface area contributed by atoms with Gasteiger partial charge in [-0.05, 0) is 0 Å². The number of halogens is 1. The molecular formula is H4CaClMgO3PSr. The van der Waals surface area contributed by atoms with E-state index in [-0.39, 0.29) is 106 Å². The van der Waals surface area contributed by atoms with Crippen LogP contribution < -0.4 is 9.79 Å². The molecule has 0 radical (unpaired) electrons. The maximum absolute atomic E-state index is 8.87. The van der Waals surface area contributed by atoms with Crippen LogP contribution in [0, 0.1) is 0 Å². The van der Waals surface area contributed by atoms with Gasteiger partial charge in [0, 0.05) is 6.95 Å². The molecule has 0 N–H and O–H groups in total. The van der Waals surface area contributed by atoms with Crippen LogP contribution in [0.25, 0.3) is 0 Å². The fraction of sp³-hybridized carbons (Fsp3) is 0. The summed E-state index contributed by atoms with van der Waals surface area (Å²) >= 11 is 3.97. The van der Waals surface area contributed by atoms with Crippen LogP contribution in [0.5, 0.6) is 0 Å². The molecule has 0 aromatic carbocycles. The molecule has 0 aliphatic rings. The quantitative estimate of drug-likeness (QED) is 0.345. The van der Waals surface area contributed by atoms with E-state index in [1.165, 1.54) is 0 Å². The van der Waals surface area contributed by atoms with Gasteiger partial charge in [0.15, 0.2) is 0 Å². The zero-order chi connectivity index (χ0) is 4.50. The second-order valence-corrected chi connectivity index (χ2v) is 2.53. The molecule has 0 atom stereocenters. The van der Waals surface area contributed by atoms with E-state index in [0.717, 1.165) is 0 Å². The molecular weight excluding hydrogens is 266 g/mol. The van der Waals surface area contributed by atoms with Crippen molar-refractivity contribution in [3.8, 4) is 0 Å². The normalized spacial score (nSPS) is 7.38. The molecule has 0 bridgehead atoms. The molecule has 0 aliphatic heterocycles. The third-order valence-corrected chi connectivity index (χ3v) is 0. The Labute approximate surface area is 135 Å². The summed E-state index contributed by atoms with van der Waals surface area (Å²) in [6.07, 6.45) is 0. The van der Waals surface area contributed by atoms with E-state index in [9.17, 15) is 0 Å². The fourth-order valence-corrected chi connectivity index (χ4v) is 0. The molecule has 0 aliphatic carbocycles. The second kappa shape index (κ2) is 10.9. The Balaban J connectivity index is -0.0000000267. The Hall–Kier alpha value is 3.95. The van der Waals surface area contributed by atoms with Gasteiger partial charge in [-0.15, -0.1) is 0 Å². The van der Waals surface area contributed by atoms with Gasteiger partial charge in [0.05, 0.1) is 0 Å². The number of hydrogen-bond donors (Lipinski definition) is 0. The van der Waals surface area contributed by atoms with Crippen molar-refractivity contribution in [3.63, 3.8) is 0 Å². The van der Waals surface area contributed by atoms with Crippen molar-refractivity contribution in [2.45, 2.75) is 0 Å². The van der Waals surface area contributed by atoms with E-state index >= 15 is 0 Å². The van der Waals surface area contributed by atoms with Crippen LogP contribution in [-0.2, 0) is 4.57 Å². The van der Waals surface area contributed by atoms with E-state index in [0.29, 0.717) is 0 Å². The molecule has 40 valence electrons. The second-order valence-electron chi connectivity index (χ2n) is 0.431. The number of rotatable bonds is 0. The fourth-order valence-electron chi connectivity index (χ4n) is 0. The van der Waals surface area contributed by atoms with Crippen molar-refractivity contribution in [2.75, 3.05) is 0 Å². The van der Waals surface area contributed by atoms with E-state index in [4.69, 9.17) is 14.4 Å². The van der Waals surface area contributed by atoms with E-state index in [2.05, 4.69) is 11.2 Å². The summed E-state index contributed by atoms with van der Waals surface area (Å²) in [5, 5.41) is 0. The average Bonchev–Trinajstić information content (AvgIpc) is 0.722. The molecule has 0 amide bonds. The van der Waals surface area contributed by atoms with Crippen LogP contribution in [0.2, 0.25) is 0 Å². The Morgan fingerprint density at radius 2 is 1.38 bits per heavy atom. The molecule has 0 spiro atoms. The predicted octanol–water partition coefficient (Wildman–Crippen LogP) is -3.16. The average molecular weight is 270 g/mol. The van der Waals surface area contributed by atoms with Crippen molar-refractivity contribution < 1.29 is 14.4 Å². The monoisotopic (exact) mass is 270 g/mol. The first-order valence-corrected chi connectivity index (χ1v) is 3.16. The third kappa shape index (κ3) is 51.1. The zero-order valence-electron chi connectivity index (χ0n) is 2.76. The molecule has 0 rings (SSSR count). The van der Waals surface area contributed by atoms with Gasteiger partial charge in [-0.25, -0.2) is 0 Å².